The van der Waals surface area contributed by atoms with Crippen LogP contribution in [-0.4, -0.2) is 6.61 Å². The van der Waals surface area contributed by atoms with Gasteiger partial charge in [0.25, 0.3) is 0 Å². The SMILES string of the molecule is Cl/C=C\COCc1ccccc1. The molecule has 0 aliphatic carbocycles. The van der Waals surface area contributed by atoms with Crippen LogP contribution < -0.4 is 0 Å². The molecule has 0 heterocycles. The van der Waals surface area contributed by atoms with Crippen LogP contribution in [-0.2, 0) is 11.3 Å². The predicted molar refractivity (Wildman–Crippen MR) is 51.1 cm³/mol. The first kappa shape index (κ1) is 9.30. The van der Waals surface area contributed by atoms with Gasteiger partial charge in [0.2, 0.25) is 0 Å². The van der Waals surface area contributed by atoms with E-state index in [0.29, 0.717) is 13.2 Å². The van der Waals surface area contributed by atoms with E-state index < -0.39 is 0 Å². The molecule has 0 N–H and O–H groups in total. The standard InChI is InChI=1S/C10H11ClO/c11-7-4-8-12-9-10-5-2-1-3-6-10/h1-7H,8-9H2/b7-4-. The molecule has 0 amide bonds. The van der Waals surface area contributed by atoms with Gasteiger partial charge in [-0.3, -0.25) is 0 Å². The van der Waals surface area contributed by atoms with E-state index in [1.54, 1.807) is 6.08 Å². The topological polar surface area (TPSA) is 9.23 Å². The highest BCUT2D eigenvalue weighted by Crippen LogP contribution is 1.99. The molecule has 2 heteroatoms. The van der Waals surface area contributed by atoms with E-state index in [-0.39, 0.29) is 0 Å². The largest absolute Gasteiger partial charge is 0.373 e. The third-order valence-corrected chi connectivity index (χ3v) is 1.59. The van der Waals surface area contributed by atoms with Crippen LogP contribution in [0, 0.1) is 0 Å². The predicted octanol–water partition coefficient (Wildman–Crippen LogP) is 2.96. The van der Waals surface area contributed by atoms with Crippen molar-refractivity contribution in [3.8, 4) is 0 Å². The molecule has 1 aromatic rings. The summed E-state index contributed by atoms with van der Waals surface area (Å²) >= 11 is 5.32. The maximum Gasteiger partial charge on any atom is 0.0721 e. The fraction of sp³-hybridized carbons (Fsp3) is 0.200. The summed E-state index contributed by atoms with van der Waals surface area (Å²) < 4.78 is 5.29. The molecule has 0 radical (unpaired) electrons. The van der Waals surface area contributed by atoms with E-state index in [1.807, 2.05) is 30.3 Å². The Labute approximate surface area is 77.6 Å². The highest BCUT2D eigenvalue weighted by atomic mass is 35.5. The Morgan fingerprint density at radius 1 is 1.25 bits per heavy atom. The Morgan fingerprint density at radius 2 is 2.00 bits per heavy atom. The molecule has 0 aliphatic rings. The van der Waals surface area contributed by atoms with Crippen LogP contribution in [0.1, 0.15) is 5.56 Å². The van der Waals surface area contributed by atoms with E-state index in [4.69, 9.17) is 16.3 Å². The molecule has 0 aromatic heterocycles. The van der Waals surface area contributed by atoms with Gasteiger partial charge in [-0.1, -0.05) is 41.9 Å². The molecule has 0 atom stereocenters. The third kappa shape index (κ3) is 3.56. The van der Waals surface area contributed by atoms with Gasteiger partial charge in [0.15, 0.2) is 0 Å². The molecule has 1 nitrogen and oxygen atoms in total. The maximum atomic E-state index is 5.32. The molecule has 0 bridgehead atoms. The number of rotatable bonds is 4. The van der Waals surface area contributed by atoms with E-state index in [9.17, 15) is 0 Å². The minimum absolute atomic E-state index is 0.568. The Balaban J connectivity index is 2.24. The molecule has 0 saturated heterocycles. The molecular weight excluding hydrogens is 172 g/mol. The quantitative estimate of drug-likeness (QED) is 0.651. The van der Waals surface area contributed by atoms with Crippen molar-refractivity contribution in [2.24, 2.45) is 0 Å². The fourth-order valence-corrected chi connectivity index (χ4v) is 0.928. The van der Waals surface area contributed by atoms with Gasteiger partial charge in [-0.05, 0) is 11.6 Å². The van der Waals surface area contributed by atoms with E-state index in [2.05, 4.69) is 0 Å². The zero-order chi connectivity index (χ0) is 8.65. The molecule has 0 spiro atoms. The first-order valence-corrected chi connectivity index (χ1v) is 4.24. The second kappa shape index (κ2) is 5.81. The van der Waals surface area contributed by atoms with Crippen LogP contribution in [0.4, 0.5) is 0 Å². The van der Waals surface area contributed by atoms with Gasteiger partial charge in [-0.25, -0.2) is 0 Å². The Kier molecular flexibility index (Phi) is 4.50. The van der Waals surface area contributed by atoms with E-state index >= 15 is 0 Å². The molecule has 0 saturated carbocycles. The lowest BCUT2D eigenvalue weighted by Gasteiger charge is -1.99. The fourth-order valence-electron chi connectivity index (χ4n) is 0.855. The third-order valence-electron chi connectivity index (χ3n) is 1.41. The summed E-state index contributed by atoms with van der Waals surface area (Å²) in [6.07, 6.45) is 1.77. The van der Waals surface area contributed by atoms with Crippen molar-refractivity contribution in [3.63, 3.8) is 0 Å². The summed E-state index contributed by atoms with van der Waals surface area (Å²) in [6, 6.07) is 10.0. The Hall–Kier alpha value is -0.790. The normalized spacial score (nSPS) is 10.8. The highest BCUT2D eigenvalue weighted by molar-refractivity contribution is 6.25. The average molecular weight is 183 g/mol. The summed E-state index contributed by atoms with van der Waals surface area (Å²) in [5.74, 6) is 0. The molecule has 64 valence electrons. The minimum atomic E-state index is 0.568. The lowest BCUT2D eigenvalue weighted by Crippen LogP contribution is -1.91. The number of hydrogen-bond donors (Lipinski definition) is 0. The van der Waals surface area contributed by atoms with Crippen molar-refractivity contribution in [1.82, 2.24) is 0 Å². The second-order valence-electron chi connectivity index (χ2n) is 2.36. The second-order valence-corrected chi connectivity index (χ2v) is 2.61. The smallest absolute Gasteiger partial charge is 0.0721 e. The van der Waals surface area contributed by atoms with Crippen molar-refractivity contribution < 1.29 is 4.74 Å². The highest BCUT2D eigenvalue weighted by Gasteiger charge is 1.88. The van der Waals surface area contributed by atoms with Crippen LogP contribution in [0.15, 0.2) is 41.9 Å². The minimum Gasteiger partial charge on any atom is -0.373 e. The van der Waals surface area contributed by atoms with Crippen LogP contribution in [0.25, 0.3) is 0 Å². The monoisotopic (exact) mass is 182 g/mol. The lowest BCUT2D eigenvalue weighted by atomic mass is 10.2. The summed E-state index contributed by atoms with van der Waals surface area (Å²) in [5, 5.41) is 0. The summed E-state index contributed by atoms with van der Waals surface area (Å²) in [4.78, 5) is 0. The molecule has 1 rings (SSSR count). The van der Waals surface area contributed by atoms with E-state index in [1.165, 1.54) is 11.1 Å². The zero-order valence-corrected chi connectivity index (χ0v) is 7.50. The van der Waals surface area contributed by atoms with Crippen LogP contribution in [0.2, 0.25) is 0 Å². The van der Waals surface area contributed by atoms with Crippen molar-refractivity contribution in [2.45, 2.75) is 6.61 Å². The van der Waals surface area contributed by atoms with Crippen molar-refractivity contribution in [2.75, 3.05) is 6.61 Å². The van der Waals surface area contributed by atoms with Gasteiger partial charge in [0.1, 0.15) is 0 Å². The van der Waals surface area contributed by atoms with Gasteiger partial charge < -0.3 is 4.74 Å². The molecular formula is C10H11ClO. The van der Waals surface area contributed by atoms with Crippen LogP contribution in [0.5, 0.6) is 0 Å². The van der Waals surface area contributed by atoms with E-state index in [0.717, 1.165) is 0 Å². The number of hydrogen-bond acceptors (Lipinski definition) is 1. The van der Waals surface area contributed by atoms with Crippen molar-refractivity contribution in [1.29, 1.82) is 0 Å². The Bertz CT molecular complexity index is 231. The first-order chi connectivity index (χ1) is 5.93. The average Bonchev–Trinajstić information content (AvgIpc) is 2.14. The van der Waals surface area contributed by atoms with Gasteiger partial charge in [-0.15, -0.1) is 0 Å². The molecule has 1 aromatic carbocycles. The number of ether oxygens (including phenoxy) is 1. The van der Waals surface area contributed by atoms with Gasteiger partial charge >= 0.3 is 0 Å². The van der Waals surface area contributed by atoms with Crippen molar-refractivity contribution in [3.05, 3.63) is 47.5 Å². The van der Waals surface area contributed by atoms with Crippen LogP contribution >= 0.6 is 11.6 Å². The van der Waals surface area contributed by atoms with Gasteiger partial charge in [0, 0.05) is 5.54 Å². The molecule has 0 unspecified atom stereocenters. The van der Waals surface area contributed by atoms with Gasteiger partial charge in [0.05, 0.1) is 13.2 Å². The molecule has 12 heavy (non-hydrogen) atoms. The molecule has 0 fully saturated rings. The summed E-state index contributed by atoms with van der Waals surface area (Å²) in [5.41, 5.74) is 2.64. The van der Waals surface area contributed by atoms with Crippen molar-refractivity contribution >= 4 is 11.6 Å². The zero-order valence-electron chi connectivity index (χ0n) is 6.74. The summed E-state index contributed by atoms with van der Waals surface area (Å²) in [6.45, 7) is 1.21. The first-order valence-electron chi connectivity index (χ1n) is 3.80. The van der Waals surface area contributed by atoms with Crippen LogP contribution in [0.3, 0.4) is 0 Å². The summed E-state index contributed by atoms with van der Waals surface area (Å²) in [7, 11) is 0. The molecule has 0 aliphatic heterocycles. The maximum absolute atomic E-state index is 5.32. The number of halogens is 1. The number of benzene rings is 1. The van der Waals surface area contributed by atoms with Gasteiger partial charge in [-0.2, -0.15) is 0 Å². The Morgan fingerprint density at radius 3 is 2.67 bits per heavy atom. The lowest BCUT2D eigenvalue weighted by molar-refractivity contribution is 0.149.